The highest BCUT2D eigenvalue weighted by molar-refractivity contribution is 5.91. The molecule has 1 N–H and O–H groups in total. The second-order valence-electron chi connectivity index (χ2n) is 9.23. The molecule has 1 aromatic carbocycles. The van der Waals surface area contributed by atoms with Gasteiger partial charge in [0.05, 0.1) is 47.2 Å². The molecule has 1 amide bonds. The summed E-state index contributed by atoms with van der Waals surface area (Å²) in [6.45, 7) is 5.97. The number of aromatic nitrogens is 8. The second kappa shape index (κ2) is 8.42. The number of nitrogens with zero attached hydrogens (tertiary/aromatic N) is 8. The second-order valence-corrected chi connectivity index (χ2v) is 9.23. The van der Waals surface area contributed by atoms with Crippen LogP contribution in [-0.4, -0.2) is 45.3 Å². The molecule has 0 bridgehead atoms. The van der Waals surface area contributed by atoms with Gasteiger partial charge in [-0.3, -0.25) is 9.48 Å². The lowest BCUT2D eigenvalue weighted by molar-refractivity contribution is 0.0944. The van der Waals surface area contributed by atoms with Crippen molar-refractivity contribution >= 4 is 11.4 Å². The summed E-state index contributed by atoms with van der Waals surface area (Å²) in [5.41, 5.74) is 3.39. The maximum Gasteiger partial charge on any atom is 0.273 e. The molecule has 0 saturated heterocycles. The number of nitrogens with one attached hydrogen (secondary N) is 1. The molecule has 0 aliphatic rings. The van der Waals surface area contributed by atoms with Gasteiger partial charge in [-0.05, 0) is 44.5 Å². The van der Waals surface area contributed by atoms with E-state index in [0.29, 0.717) is 28.0 Å². The van der Waals surface area contributed by atoms with Crippen molar-refractivity contribution in [2.45, 2.75) is 32.9 Å². The monoisotopic (exact) mass is 473 g/mol. The summed E-state index contributed by atoms with van der Waals surface area (Å²) >= 11 is 0. The van der Waals surface area contributed by atoms with Crippen molar-refractivity contribution in [1.29, 1.82) is 0 Å². The van der Waals surface area contributed by atoms with Gasteiger partial charge in [0.15, 0.2) is 5.69 Å². The molecular weight excluding hydrogens is 449 g/mol. The van der Waals surface area contributed by atoms with Crippen molar-refractivity contribution in [2.75, 3.05) is 0 Å². The highest BCUT2D eigenvalue weighted by Gasteiger charge is 2.19. The van der Waals surface area contributed by atoms with E-state index in [2.05, 4.69) is 25.7 Å². The highest BCUT2D eigenvalue weighted by atomic mass is 19.1. The first-order valence-corrected chi connectivity index (χ1v) is 11.0. The maximum atomic E-state index is 15.3. The van der Waals surface area contributed by atoms with Gasteiger partial charge in [-0.1, -0.05) is 6.07 Å². The Labute approximate surface area is 200 Å². The number of carbonyl (C=O) groups excluding carboxylic acids is 1. The predicted octanol–water partition coefficient (Wildman–Crippen LogP) is 3.21. The van der Waals surface area contributed by atoms with Crippen LogP contribution in [0.5, 0.6) is 0 Å². The fourth-order valence-corrected chi connectivity index (χ4v) is 3.64. The van der Waals surface area contributed by atoms with Gasteiger partial charge in [0.25, 0.3) is 5.91 Å². The molecule has 0 fully saturated rings. The molecule has 0 saturated carbocycles. The van der Waals surface area contributed by atoms with E-state index in [4.69, 9.17) is 4.98 Å². The lowest BCUT2D eigenvalue weighted by Crippen LogP contribution is -2.27. The molecule has 0 atom stereocenters. The SMILES string of the molecule is Cn1cc(-c2cn3nccc3c(-c3ccc(CNC(=O)c4cnn(C(C)(C)C)n4)cc3F)n2)cn1. The van der Waals surface area contributed by atoms with Crippen LogP contribution in [0.2, 0.25) is 0 Å². The van der Waals surface area contributed by atoms with Crippen LogP contribution in [-0.2, 0) is 19.1 Å². The van der Waals surface area contributed by atoms with E-state index in [-0.39, 0.29) is 23.7 Å². The van der Waals surface area contributed by atoms with Crippen LogP contribution in [0.1, 0.15) is 36.8 Å². The van der Waals surface area contributed by atoms with Crippen LogP contribution in [0, 0.1) is 5.82 Å². The Bertz CT molecular complexity index is 1540. The van der Waals surface area contributed by atoms with Crippen LogP contribution in [0.15, 0.2) is 55.2 Å². The minimum Gasteiger partial charge on any atom is -0.347 e. The number of amides is 1. The van der Waals surface area contributed by atoms with Gasteiger partial charge in [-0.15, -0.1) is 5.10 Å². The summed E-state index contributed by atoms with van der Waals surface area (Å²) in [7, 11) is 1.82. The Morgan fingerprint density at radius 3 is 2.60 bits per heavy atom. The normalized spacial score (nSPS) is 11.8. The summed E-state index contributed by atoms with van der Waals surface area (Å²) in [4.78, 5) is 18.7. The number of hydrogen-bond acceptors (Lipinski definition) is 6. The molecule has 4 heterocycles. The summed E-state index contributed by atoms with van der Waals surface area (Å²) < 4.78 is 18.6. The third kappa shape index (κ3) is 4.39. The quantitative estimate of drug-likeness (QED) is 0.420. The standard InChI is InChI=1S/C24H24FN9O/c1-24(2,3)34-29-12-19(31-34)23(35)26-10-15-5-6-17(18(25)9-15)22-21-7-8-27-33(21)14-20(30-22)16-11-28-32(4)13-16/h5-9,11-14H,10H2,1-4H3,(H,26,35). The lowest BCUT2D eigenvalue weighted by Gasteiger charge is -2.16. The van der Waals surface area contributed by atoms with Crippen LogP contribution >= 0.6 is 0 Å². The van der Waals surface area contributed by atoms with E-state index in [1.807, 2.05) is 34.0 Å². The van der Waals surface area contributed by atoms with E-state index in [1.165, 1.54) is 17.1 Å². The zero-order valence-corrected chi connectivity index (χ0v) is 19.8. The number of benzene rings is 1. The third-order valence-corrected chi connectivity index (χ3v) is 5.46. The van der Waals surface area contributed by atoms with Crippen LogP contribution < -0.4 is 5.32 Å². The molecule has 0 aliphatic heterocycles. The third-order valence-electron chi connectivity index (χ3n) is 5.46. The minimum absolute atomic E-state index is 0.143. The molecule has 11 heteroatoms. The average Bonchev–Trinajstić information content (AvgIpc) is 3.56. The Morgan fingerprint density at radius 2 is 1.91 bits per heavy atom. The van der Waals surface area contributed by atoms with Crippen LogP contribution in [0.25, 0.3) is 28.0 Å². The van der Waals surface area contributed by atoms with Crippen LogP contribution in [0.4, 0.5) is 4.39 Å². The van der Waals surface area contributed by atoms with Crippen molar-refractivity contribution in [3.05, 3.63) is 72.3 Å². The molecule has 5 aromatic rings. The van der Waals surface area contributed by atoms with E-state index in [1.54, 1.807) is 46.0 Å². The molecular formula is C24H24FN9O. The smallest absolute Gasteiger partial charge is 0.273 e. The fourth-order valence-electron chi connectivity index (χ4n) is 3.64. The molecule has 10 nitrogen and oxygen atoms in total. The minimum atomic E-state index is -0.450. The van der Waals surface area contributed by atoms with Crippen molar-refractivity contribution in [3.8, 4) is 22.5 Å². The number of rotatable bonds is 5. The number of aryl methyl sites for hydroxylation is 1. The summed E-state index contributed by atoms with van der Waals surface area (Å²) in [6.07, 6.45) is 8.38. The van der Waals surface area contributed by atoms with Crippen molar-refractivity contribution in [2.24, 2.45) is 7.05 Å². The van der Waals surface area contributed by atoms with Gasteiger partial charge in [0, 0.05) is 30.9 Å². The topological polar surface area (TPSA) is 108 Å². The molecule has 0 unspecified atom stereocenters. The molecule has 0 spiro atoms. The van der Waals surface area contributed by atoms with E-state index in [9.17, 15) is 4.79 Å². The first kappa shape index (κ1) is 22.4. The van der Waals surface area contributed by atoms with E-state index in [0.717, 1.165) is 5.56 Å². The predicted molar refractivity (Wildman–Crippen MR) is 127 cm³/mol. The number of carbonyl (C=O) groups is 1. The molecule has 35 heavy (non-hydrogen) atoms. The van der Waals surface area contributed by atoms with Gasteiger partial charge in [-0.25, -0.2) is 13.9 Å². The molecule has 5 rings (SSSR count). The van der Waals surface area contributed by atoms with Gasteiger partial charge >= 0.3 is 0 Å². The Kier molecular flexibility index (Phi) is 5.39. The lowest BCUT2D eigenvalue weighted by atomic mass is 10.1. The first-order valence-electron chi connectivity index (χ1n) is 11.0. The number of fused-ring (bicyclic) bond motifs is 1. The fraction of sp³-hybridized carbons (Fsp3) is 0.250. The maximum absolute atomic E-state index is 15.3. The molecule has 0 radical (unpaired) electrons. The molecule has 0 aliphatic carbocycles. The Balaban J connectivity index is 1.39. The van der Waals surface area contributed by atoms with Gasteiger partial charge in [-0.2, -0.15) is 20.1 Å². The summed E-state index contributed by atoms with van der Waals surface area (Å²) in [5.74, 6) is -0.828. The van der Waals surface area contributed by atoms with E-state index < -0.39 is 5.82 Å². The van der Waals surface area contributed by atoms with Gasteiger partial charge in [0.1, 0.15) is 5.82 Å². The zero-order valence-electron chi connectivity index (χ0n) is 19.8. The van der Waals surface area contributed by atoms with Gasteiger partial charge < -0.3 is 5.32 Å². The van der Waals surface area contributed by atoms with Crippen LogP contribution in [0.3, 0.4) is 0 Å². The summed E-state index contributed by atoms with van der Waals surface area (Å²) in [5, 5.41) is 19.6. The average molecular weight is 474 g/mol. The van der Waals surface area contributed by atoms with Crippen molar-refractivity contribution in [1.82, 2.24) is 44.7 Å². The highest BCUT2D eigenvalue weighted by Crippen LogP contribution is 2.29. The van der Waals surface area contributed by atoms with Crippen molar-refractivity contribution < 1.29 is 9.18 Å². The first-order chi connectivity index (χ1) is 16.7. The van der Waals surface area contributed by atoms with Gasteiger partial charge in [0.2, 0.25) is 0 Å². The van der Waals surface area contributed by atoms with E-state index >= 15 is 4.39 Å². The Morgan fingerprint density at radius 1 is 1.09 bits per heavy atom. The number of hydrogen-bond donors (Lipinski definition) is 1. The molecule has 4 aromatic heterocycles. The molecule has 178 valence electrons. The van der Waals surface area contributed by atoms with Crippen molar-refractivity contribution in [3.63, 3.8) is 0 Å². The Hall–Kier alpha value is -4.41. The number of halogens is 1. The largest absolute Gasteiger partial charge is 0.347 e. The zero-order chi connectivity index (χ0) is 24.7. The summed E-state index contributed by atoms with van der Waals surface area (Å²) in [6, 6.07) is 6.60.